The van der Waals surface area contributed by atoms with Gasteiger partial charge in [-0.3, -0.25) is 19.2 Å². The Balaban J connectivity index is 1.41. The van der Waals surface area contributed by atoms with Crippen LogP contribution in [0.5, 0.6) is 0 Å². The van der Waals surface area contributed by atoms with Gasteiger partial charge in [0.05, 0.1) is 36.6 Å². The van der Waals surface area contributed by atoms with Gasteiger partial charge >= 0.3 is 5.97 Å². The number of rotatable bonds is 15. The Kier molecular flexibility index (Phi) is 11.5. The van der Waals surface area contributed by atoms with Gasteiger partial charge in [0.25, 0.3) is 5.91 Å². The zero-order chi connectivity index (χ0) is 38.7. The molecule has 1 spiro atoms. The molecule has 3 aliphatic heterocycles. The number of likely N-dealkylation sites (tertiary alicyclic amines) is 1. The molecule has 0 aromatic heterocycles. The number of esters is 1. The van der Waals surface area contributed by atoms with E-state index in [2.05, 4.69) is 13.2 Å². The Labute approximate surface area is 318 Å². The first-order valence-electron chi connectivity index (χ1n) is 18.8. The monoisotopic (exact) mass is 733 g/mol. The molecular weight excluding hydrogens is 682 g/mol. The molecule has 2 bridgehead atoms. The number of carbonyl (C=O) groups is 4. The van der Waals surface area contributed by atoms with Crippen LogP contribution >= 0.6 is 0 Å². The first-order valence-corrected chi connectivity index (χ1v) is 18.8. The topological polar surface area (TPSA) is 117 Å². The van der Waals surface area contributed by atoms with Crippen LogP contribution in [-0.2, 0) is 28.7 Å². The zero-order valence-corrected chi connectivity index (χ0v) is 31.6. The summed E-state index contributed by atoms with van der Waals surface area (Å²) >= 11 is 0. The number of hydrogen-bond donors (Lipinski definition) is 1. The highest BCUT2D eigenvalue weighted by atomic mass is 16.6. The average molecular weight is 734 g/mol. The molecule has 0 aliphatic carbocycles. The van der Waals surface area contributed by atoms with Gasteiger partial charge in [0, 0.05) is 25.7 Å². The number of amides is 3. The van der Waals surface area contributed by atoms with E-state index in [1.807, 2.05) is 99.6 Å². The number of aliphatic hydroxyl groups excluding tert-OH is 1. The maximum absolute atomic E-state index is 15.2. The summed E-state index contributed by atoms with van der Waals surface area (Å²) in [6.07, 6.45) is 3.40. The van der Waals surface area contributed by atoms with Crippen LogP contribution in [0, 0.1) is 25.7 Å². The molecule has 0 unspecified atom stereocenters. The molecule has 3 heterocycles. The van der Waals surface area contributed by atoms with Crippen molar-refractivity contribution >= 4 is 29.4 Å². The van der Waals surface area contributed by atoms with Crippen molar-refractivity contribution < 1.29 is 33.8 Å². The maximum Gasteiger partial charge on any atom is 0.313 e. The van der Waals surface area contributed by atoms with E-state index in [4.69, 9.17) is 9.47 Å². The fourth-order valence-electron chi connectivity index (χ4n) is 8.72. The minimum Gasteiger partial charge on any atom is -0.455 e. The normalized spacial score (nSPS) is 24.3. The summed E-state index contributed by atoms with van der Waals surface area (Å²) in [5.41, 5.74) is 2.51. The molecule has 284 valence electrons. The third kappa shape index (κ3) is 6.89. The summed E-state index contributed by atoms with van der Waals surface area (Å²) in [6.45, 7) is 13.1. The van der Waals surface area contributed by atoms with Crippen molar-refractivity contribution in [1.82, 2.24) is 9.80 Å². The summed E-state index contributed by atoms with van der Waals surface area (Å²) in [5.74, 6) is -3.62. The van der Waals surface area contributed by atoms with E-state index in [1.54, 1.807) is 29.0 Å². The molecule has 3 aromatic carbocycles. The number of allylic oxidation sites excluding steroid dienone is 1. The van der Waals surface area contributed by atoms with E-state index < -0.39 is 66.3 Å². The van der Waals surface area contributed by atoms with E-state index >= 15 is 9.59 Å². The SMILES string of the molecule is C=CCCC(=O)N(C)[C@H](C)[C@H](OC(=O)[C@@H]1[C@@H]2CC[C@]3(O2)[C@H](C(=O)N(CC=C)c2cc(C)ccc2C)N([C@H](CO)c2ccccc2)C(=O)[C@@H]13)c1ccccc1. The lowest BCUT2D eigenvalue weighted by atomic mass is 9.70. The van der Waals surface area contributed by atoms with Crippen LogP contribution in [0.25, 0.3) is 0 Å². The number of nitrogens with zero attached hydrogens (tertiary/aromatic N) is 3. The number of aryl methyl sites for hydroxylation is 2. The van der Waals surface area contributed by atoms with Crippen LogP contribution in [-0.4, -0.2) is 82.6 Å². The standard InChI is InChI=1S/C44H51N3O7/c1-7-9-20-36(49)45(6)30(5)39(32-18-14-11-15-19-32)53-43(52)37-35-23-24-44(54-35)38(37)41(50)47(34(27-48)31-16-12-10-13-17-31)40(44)42(51)46(25-8-2)33-26-28(3)21-22-29(33)4/h7-8,10-19,21-22,26,30,34-35,37-40,48H,1-2,9,20,23-25,27H2,3-6H3/t30-,34-,35+,37-,38-,39+,40+,44-/m1/s1. The van der Waals surface area contributed by atoms with E-state index in [-0.39, 0.29) is 24.8 Å². The van der Waals surface area contributed by atoms with Gasteiger partial charge in [-0.05, 0) is 68.4 Å². The number of benzene rings is 3. The number of ether oxygens (including phenoxy) is 2. The molecule has 3 fully saturated rings. The van der Waals surface area contributed by atoms with E-state index in [9.17, 15) is 14.7 Å². The van der Waals surface area contributed by atoms with Gasteiger partial charge in [-0.1, -0.05) is 84.9 Å². The average Bonchev–Trinajstić information content (AvgIpc) is 3.83. The summed E-state index contributed by atoms with van der Waals surface area (Å²) in [5, 5.41) is 11.0. The third-order valence-corrected chi connectivity index (χ3v) is 11.5. The van der Waals surface area contributed by atoms with Gasteiger partial charge in [0.15, 0.2) is 0 Å². The minimum absolute atomic E-state index is 0.117. The fraction of sp³-hybridized carbons (Fsp3) is 0.409. The molecule has 0 saturated carbocycles. The Morgan fingerprint density at radius 3 is 2.31 bits per heavy atom. The summed E-state index contributed by atoms with van der Waals surface area (Å²) in [6, 6.07) is 21.6. The van der Waals surface area contributed by atoms with Crippen LogP contribution in [0.15, 0.2) is 104 Å². The number of hydrogen-bond acceptors (Lipinski definition) is 7. The lowest BCUT2D eigenvalue weighted by Crippen LogP contribution is -2.57. The molecule has 3 saturated heterocycles. The molecule has 54 heavy (non-hydrogen) atoms. The molecular formula is C44H51N3O7. The molecule has 1 N–H and O–H groups in total. The van der Waals surface area contributed by atoms with Gasteiger partial charge in [-0.2, -0.15) is 0 Å². The smallest absolute Gasteiger partial charge is 0.313 e. The lowest BCUT2D eigenvalue weighted by molar-refractivity contribution is -0.165. The Hall–Kier alpha value is -5.06. The molecule has 0 radical (unpaired) electrons. The van der Waals surface area contributed by atoms with Gasteiger partial charge in [0.2, 0.25) is 11.8 Å². The van der Waals surface area contributed by atoms with Gasteiger partial charge in [-0.15, -0.1) is 13.2 Å². The van der Waals surface area contributed by atoms with Crippen molar-refractivity contribution in [1.29, 1.82) is 0 Å². The van der Waals surface area contributed by atoms with Gasteiger partial charge < -0.3 is 29.3 Å². The predicted octanol–water partition coefficient (Wildman–Crippen LogP) is 6.03. The van der Waals surface area contributed by atoms with Gasteiger partial charge in [-0.25, -0.2) is 0 Å². The van der Waals surface area contributed by atoms with Crippen LogP contribution < -0.4 is 4.90 Å². The molecule has 3 aliphatic rings. The zero-order valence-electron chi connectivity index (χ0n) is 31.6. The summed E-state index contributed by atoms with van der Waals surface area (Å²) < 4.78 is 13.2. The highest BCUT2D eigenvalue weighted by molar-refractivity contribution is 6.05. The third-order valence-electron chi connectivity index (χ3n) is 11.5. The van der Waals surface area contributed by atoms with Crippen LogP contribution in [0.4, 0.5) is 5.69 Å². The van der Waals surface area contributed by atoms with E-state index in [0.29, 0.717) is 36.1 Å². The Morgan fingerprint density at radius 1 is 1.02 bits per heavy atom. The Bertz CT molecular complexity index is 1880. The minimum atomic E-state index is -1.35. The highest BCUT2D eigenvalue weighted by Crippen LogP contribution is 2.60. The first kappa shape index (κ1) is 38.7. The molecule has 3 amide bonds. The fourth-order valence-corrected chi connectivity index (χ4v) is 8.72. The molecule has 10 heteroatoms. The number of anilines is 1. The quantitative estimate of drug-likeness (QED) is 0.150. The maximum atomic E-state index is 15.2. The number of aliphatic hydroxyl groups is 1. The second-order valence-electron chi connectivity index (χ2n) is 14.8. The number of likely N-dealkylation sites (N-methyl/N-ethyl adjacent to an activating group) is 1. The lowest BCUT2D eigenvalue weighted by Gasteiger charge is -2.39. The second kappa shape index (κ2) is 16.1. The largest absolute Gasteiger partial charge is 0.455 e. The van der Waals surface area contributed by atoms with Crippen molar-refractivity contribution in [3.63, 3.8) is 0 Å². The summed E-state index contributed by atoms with van der Waals surface area (Å²) in [7, 11) is 1.69. The number of fused-ring (bicyclic) bond motifs is 1. The van der Waals surface area contributed by atoms with Crippen molar-refractivity contribution in [2.75, 3.05) is 25.1 Å². The summed E-state index contributed by atoms with van der Waals surface area (Å²) in [4.78, 5) is 62.8. The van der Waals surface area contributed by atoms with Crippen molar-refractivity contribution in [3.8, 4) is 0 Å². The van der Waals surface area contributed by atoms with E-state index in [1.165, 1.54) is 4.90 Å². The van der Waals surface area contributed by atoms with Crippen molar-refractivity contribution in [2.45, 2.75) is 82.4 Å². The molecule has 10 nitrogen and oxygen atoms in total. The van der Waals surface area contributed by atoms with Crippen molar-refractivity contribution in [2.24, 2.45) is 11.8 Å². The molecule has 6 rings (SSSR count). The van der Waals surface area contributed by atoms with Crippen LogP contribution in [0.1, 0.15) is 67.0 Å². The second-order valence-corrected chi connectivity index (χ2v) is 14.8. The van der Waals surface area contributed by atoms with Crippen LogP contribution in [0.2, 0.25) is 0 Å². The molecule has 8 atom stereocenters. The number of carbonyl (C=O) groups excluding carboxylic acids is 4. The Morgan fingerprint density at radius 2 is 1.69 bits per heavy atom. The molecule has 3 aromatic rings. The first-order chi connectivity index (χ1) is 26.0. The van der Waals surface area contributed by atoms with Crippen molar-refractivity contribution in [3.05, 3.63) is 126 Å². The highest BCUT2D eigenvalue weighted by Gasteiger charge is 2.76. The van der Waals surface area contributed by atoms with Crippen LogP contribution in [0.3, 0.4) is 0 Å². The van der Waals surface area contributed by atoms with Gasteiger partial charge in [0.1, 0.15) is 17.7 Å². The van der Waals surface area contributed by atoms with E-state index in [0.717, 1.165) is 11.1 Å². The predicted molar refractivity (Wildman–Crippen MR) is 206 cm³/mol.